The Kier molecular flexibility index (Phi) is 4.70. The number of hydrazone groups is 1. The fourth-order valence-corrected chi connectivity index (χ4v) is 1.80. The van der Waals surface area contributed by atoms with Gasteiger partial charge in [-0.05, 0) is 12.1 Å². The van der Waals surface area contributed by atoms with E-state index < -0.39 is 10.8 Å². The van der Waals surface area contributed by atoms with E-state index in [1.165, 1.54) is 6.21 Å². The molecule has 22 heavy (non-hydrogen) atoms. The lowest BCUT2D eigenvalue weighted by atomic mass is 10.1. The molecule has 2 rings (SSSR count). The fraction of sp³-hybridized carbons (Fsp3) is 0. The van der Waals surface area contributed by atoms with Gasteiger partial charge in [0.2, 0.25) is 0 Å². The number of benzene rings is 2. The maximum atomic E-state index is 11.9. The number of carbonyl (C=O) groups excluding carboxylic acids is 1. The van der Waals surface area contributed by atoms with Crippen molar-refractivity contribution in [3.8, 4) is 5.75 Å². The number of hydrogen-bond donors (Lipinski definition) is 2. The number of hydrogen-bond acceptors (Lipinski definition) is 5. The molecular weight excluding hydrogens is 310 g/mol. The van der Waals surface area contributed by atoms with Crippen molar-refractivity contribution in [2.24, 2.45) is 5.10 Å². The summed E-state index contributed by atoms with van der Waals surface area (Å²) in [6.45, 7) is 0. The lowest BCUT2D eigenvalue weighted by molar-refractivity contribution is -0.384. The lowest BCUT2D eigenvalue weighted by Crippen LogP contribution is -2.18. The van der Waals surface area contributed by atoms with Gasteiger partial charge in [-0.2, -0.15) is 5.10 Å². The fourth-order valence-electron chi connectivity index (χ4n) is 1.62. The summed E-state index contributed by atoms with van der Waals surface area (Å²) in [4.78, 5) is 21.9. The van der Waals surface area contributed by atoms with E-state index in [1.807, 2.05) is 0 Å². The Labute approximate surface area is 130 Å². The number of amides is 1. The topological polar surface area (TPSA) is 105 Å². The van der Waals surface area contributed by atoms with Crippen LogP contribution in [0.4, 0.5) is 5.69 Å². The van der Waals surface area contributed by atoms with Gasteiger partial charge in [-0.3, -0.25) is 14.9 Å². The lowest BCUT2D eigenvalue weighted by Gasteiger charge is -2.03. The van der Waals surface area contributed by atoms with Crippen molar-refractivity contribution in [2.45, 2.75) is 0 Å². The smallest absolute Gasteiger partial charge is 0.275 e. The minimum absolute atomic E-state index is 0.245. The van der Waals surface area contributed by atoms with Crippen molar-refractivity contribution in [1.29, 1.82) is 0 Å². The first-order chi connectivity index (χ1) is 10.5. The second-order valence-electron chi connectivity index (χ2n) is 4.18. The summed E-state index contributed by atoms with van der Waals surface area (Å²) in [6.07, 6.45) is 1.33. The van der Waals surface area contributed by atoms with Gasteiger partial charge in [-0.15, -0.1) is 0 Å². The number of phenols is 1. The predicted molar refractivity (Wildman–Crippen MR) is 81.3 cm³/mol. The van der Waals surface area contributed by atoms with Crippen LogP contribution in [0.25, 0.3) is 0 Å². The predicted octanol–water partition coefficient (Wildman–Crippen LogP) is 2.72. The van der Waals surface area contributed by atoms with Crippen molar-refractivity contribution in [3.05, 3.63) is 68.7 Å². The van der Waals surface area contributed by atoms with Crippen molar-refractivity contribution < 1.29 is 14.8 Å². The van der Waals surface area contributed by atoms with Crippen LogP contribution < -0.4 is 5.43 Å². The van der Waals surface area contributed by atoms with Crippen LogP contribution in [0.3, 0.4) is 0 Å². The van der Waals surface area contributed by atoms with Gasteiger partial charge in [0.15, 0.2) is 0 Å². The van der Waals surface area contributed by atoms with E-state index in [9.17, 15) is 20.0 Å². The molecule has 0 bridgehead atoms. The first-order valence-corrected chi connectivity index (χ1v) is 6.42. The first kappa shape index (κ1) is 15.5. The minimum atomic E-state index is -0.774. The number of rotatable bonds is 4. The zero-order chi connectivity index (χ0) is 16.1. The molecular formula is C14H10ClN3O4. The number of nitro benzene ring substituents is 1. The molecule has 0 aliphatic heterocycles. The largest absolute Gasteiger partial charge is 0.507 e. The summed E-state index contributed by atoms with van der Waals surface area (Å²) in [7, 11) is 0. The summed E-state index contributed by atoms with van der Waals surface area (Å²) in [5, 5.41) is 24.4. The Hall–Kier alpha value is -2.93. The number of halogens is 1. The molecule has 0 radical (unpaired) electrons. The van der Waals surface area contributed by atoms with E-state index >= 15 is 0 Å². The summed E-state index contributed by atoms with van der Waals surface area (Å²) in [6, 6.07) is 10.0. The van der Waals surface area contributed by atoms with Crippen LogP contribution in [-0.2, 0) is 0 Å². The number of aromatic hydroxyl groups is 1. The number of non-ortho nitro benzene ring substituents is 1. The number of nitrogens with one attached hydrogen (secondary N) is 1. The van der Waals surface area contributed by atoms with E-state index in [-0.39, 0.29) is 17.0 Å². The van der Waals surface area contributed by atoms with Gasteiger partial charge in [0.25, 0.3) is 11.6 Å². The Balaban J connectivity index is 2.14. The van der Waals surface area contributed by atoms with Crippen LogP contribution in [0.5, 0.6) is 5.75 Å². The van der Waals surface area contributed by atoms with E-state index in [0.717, 1.165) is 18.2 Å². The zero-order valence-electron chi connectivity index (χ0n) is 11.1. The Morgan fingerprint density at radius 2 is 2.05 bits per heavy atom. The molecule has 1 amide bonds. The highest BCUT2D eigenvalue weighted by Gasteiger charge is 2.15. The molecule has 0 fully saturated rings. The molecule has 2 aromatic carbocycles. The van der Waals surface area contributed by atoms with Gasteiger partial charge in [-0.1, -0.05) is 29.8 Å². The van der Waals surface area contributed by atoms with E-state index in [0.29, 0.717) is 10.6 Å². The molecule has 0 unspecified atom stereocenters. The van der Waals surface area contributed by atoms with Crippen LogP contribution in [0.1, 0.15) is 15.9 Å². The van der Waals surface area contributed by atoms with Crippen LogP contribution in [0.2, 0.25) is 5.02 Å². The molecule has 0 spiro atoms. The number of phenolic OH excluding ortho intramolecular Hbond substituents is 1. The van der Waals surface area contributed by atoms with Crippen LogP contribution in [0.15, 0.2) is 47.6 Å². The minimum Gasteiger partial charge on any atom is -0.507 e. The monoisotopic (exact) mass is 319 g/mol. The summed E-state index contributed by atoms with van der Waals surface area (Å²) in [5.41, 5.74) is 2.21. The maximum absolute atomic E-state index is 11.9. The molecule has 0 aromatic heterocycles. The molecule has 0 heterocycles. The van der Waals surface area contributed by atoms with Crippen LogP contribution in [0, 0.1) is 10.1 Å². The van der Waals surface area contributed by atoms with Gasteiger partial charge in [0.1, 0.15) is 5.75 Å². The van der Waals surface area contributed by atoms with Crippen LogP contribution >= 0.6 is 11.6 Å². The molecule has 0 aliphatic carbocycles. The van der Waals surface area contributed by atoms with Gasteiger partial charge in [-0.25, -0.2) is 5.43 Å². The zero-order valence-corrected chi connectivity index (χ0v) is 11.8. The van der Waals surface area contributed by atoms with Crippen molar-refractivity contribution in [1.82, 2.24) is 5.43 Å². The third-order valence-corrected chi connectivity index (χ3v) is 3.05. The third-order valence-electron chi connectivity index (χ3n) is 2.71. The summed E-state index contributed by atoms with van der Waals surface area (Å²) >= 11 is 5.92. The highest BCUT2D eigenvalue weighted by atomic mass is 35.5. The highest BCUT2D eigenvalue weighted by molar-refractivity contribution is 6.33. The van der Waals surface area contributed by atoms with Crippen molar-refractivity contribution >= 4 is 29.4 Å². The average molecular weight is 320 g/mol. The number of carbonyl (C=O) groups is 1. The SMILES string of the molecule is O=C(NN=Cc1ccccc1Cl)c1cc([N+](=O)[O-])ccc1O. The summed E-state index contributed by atoms with van der Waals surface area (Å²) in [5.74, 6) is -1.15. The van der Waals surface area contributed by atoms with Gasteiger partial charge in [0.05, 0.1) is 16.7 Å². The second-order valence-corrected chi connectivity index (χ2v) is 4.59. The second kappa shape index (κ2) is 6.68. The normalized spacial score (nSPS) is 10.6. The van der Waals surface area contributed by atoms with E-state index in [2.05, 4.69) is 10.5 Å². The molecule has 0 saturated carbocycles. The van der Waals surface area contributed by atoms with Crippen LogP contribution in [-0.4, -0.2) is 22.2 Å². The summed E-state index contributed by atoms with van der Waals surface area (Å²) < 4.78 is 0. The number of nitrogens with zero attached hydrogens (tertiary/aromatic N) is 2. The van der Waals surface area contributed by atoms with Gasteiger partial charge < -0.3 is 5.11 Å². The molecule has 112 valence electrons. The molecule has 2 aromatic rings. The maximum Gasteiger partial charge on any atom is 0.275 e. The van der Waals surface area contributed by atoms with Gasteiger partial charge >= 0.3 is 0 Å². The third kappa shape index (κ3) is 3.58. The average Bonchev–Trinajstić information content (AvgIpc) is 2.49. The quantitative estimate of drug-likeness (QED) is 0.513. The molecule has 0 atom stereocenters. The first-order valence-electron chi connectivity index (χ1n) is 6.04. The van der Waals surface area contributed by atoms with Crippen molar-refractivity contribution in [2.75, 3.05) is 0 Å². The highest BCUT2D eigenvalue weighted by Crippen LogP contribution is 2.22. The van der Waals surface area contributed by atoms with Crippen molar-refractivity contribution in [3.63, 3.8) is 0 Å². The molecule has 0 aliphatic rings. The number of nitro groups is 1. The molecule has 0 saturated heterocycles. The standard InChI is InChI=1S/C14H10ClN3O4/c15-12-4-2-1-3-9(12)8-16-17-14(20)11-7-10(18(21)22)5-6-13(11)19/h1-8,19H,(H,17,20). The van der Waals surface area contributed by atoms with E-state index in [4.69, 9.17) is 11.6 Å². The molecule has 7 nitrogen and oxygen atoms in total. The van der Waals surface area contributed by atoms with Gasteiger partial charge in [0, 0.05) is 22.7 Å². The Morgan fingerprint density at radius 3 is 2.73 bits per heavy atom. The molecule has 8 heteroatoms. The van der Waals surface area contributed by atoms with E-state index in [1.54, 1.807) is 24.3 Å². The Morgan fingerprint density at radius 1 is 1.32 bits per heavy atom. The molecule has 2 N–H and O–H groups in total. The Bertz CT molecular complexity index is 762.